The average molecular weight is 477 g/mol. The molecule has 1 aliphatic heterocycles. The number of fused-ring (bicyclic) bond motifs is 5. The van der Waals surface area contributed by atoms with E-state index < -0.39 is 23.1 Å². The van der Waals surface area contributed by atoms with E-state index in [-0.39, 0.29) is 10.9 Å². The molecule has 0 spiro atoms. The van der Waals surface area contributed by atoms with Crippen molar-refractivity contribution in [3.05, 3.63) is 116 Å². The lowest BCUT2D eigenvalue weighted by Gasteiger charge is -2.31. The lowest BCUT2D eigenvalue weighted by Crippen LogP contribution is -2.37. The molecule has 7 nitrogen and oxygen atoms in total. The van der Waals surface area contributed by atoms with Crippen LogP contribution in [0.15, 0.2) is 82.4 Å². The molecule has 1 atom stereocenters. The van der Waals surface area contributed by atoms with Gasteiger partial charge in [0.05, 0.1) is 51.3 Å². The van der Waals surface area contributed by atoms with Crippen LogP contribution in [-0.4, -0.2) is 13.7 Å². The summed E-state index contributed by atoms with van der Waals surface area (Å²) in [6.07, 6.45) is 0. The highest BCUT2D eigenvalue weighted by Gasteiger charge is 2.35. The second-order valence-corrected chi connectivity index (χ2v) is 8.81. The maximum absolute atomic E-state index is 15.3. The molecule has 3 heterocycles. The summed E-state index contributed by atoms with van der Waals surface area (Å²) >= 11 is 0. The van der Waals surface area contributed by atoms with Gasteiger partial charge in [-0.3, -0.25) is 13.9 Å². The first-order chi connectivity index (χ1) is 17.4. The zero-order valence-corrected chi connectivity index (χ0v) is 19.5. The third-order valence-corrected chi connectivity index (χ3v) is 6.83. The molecule has 0 radical (unpaired) electrons. The number of nitriles is 1. The fourth-order valence-corrected chi connectivity index (χ4v) is 5.13. The minimum Gasteiger partial charge on any atom is -0.371 e. The Balaban J connectivity index is 1.85. The minimum atomic E-state index is -0.496. The van der Waals surface area contributed by atoms with Crippen molar-refractivity contribution in [3.63, 3.8) is 0 Å². The third kappa shape index (κ3) is 2.89. The molecule has 6 rings (SSSR count). The molecule has 36 heavy (non-hydrogen) atoms. The lowest BCUT2D eigenvalue weighted by atomic mass is 9.98. The van der Waals surface area contributed by atoms with Gasteiger partial charge in [-0.05, 0) is 42.0 Å². The molecule has 0 saturated heterocycles. The van der Waals surface area contributed by atoms with Gasteiger partial charge in [0.25, 0.3) is 5.56 Å². The summed E-state index contributed by atoms with van der Waals surface area (Å²) in [6.45, 7) is 0. The highest BCUT2D eigenvalue weighted by atomic mass is 19.1. The molecule has 0 aliphatic carbocycles. The second kappa shape index (κ2) is 7.82. The Morgan fingerprint density at radius 3 is 2.33 bits per heavy atom. The molecular weight excluding hydrogens is 457 g/mol. The predicted octanol–water partition coefficient (Wildman–Crippen LogP) is 4.22. The Kier molecular flexibility index (Phi) is 4.70. The summed E-state index contributed by atoms with van der Waals surface area (Å²) in [4.78, 5) is 26.7. The maximum Gasteiger partial charge on any atom is 0.331 e. The van der Waals surface area contributed by atoms with E-state index in [2.05, 4.69) is 11.4 Å². The van der Waals surface area contributed by atoms with Crippen LogP contribution in [-0.2, 0) is 14.1 Å². The molecule has 5 aromatic rings. The van der Waals surface area contributed by atoms with E-state index in [0.29, 0.717) is 22.5 Å². The molecule has 3 aromatic carbocycles. The van der Waals surface area contributed by atoms with E-state index in [1.165, 1.54) is 17.7 Å². The van der Waals surface area contributed by atoms with Gasteiger partial charge in [0, 0.05) is 19.7 Å². The van der Waals surface area contributed by atoms with Crippen molar-refractivity contribution in [2.24, 2.45) is 14.1 Å². The molecule has 0 bridgehead atoms. The summed E-state index contributed by atoms with van der Waals surface area (Å²) < 4.78 is 19.7. The molecule has 0 fully saturated rings. The zero-order valence-electron chi connectivity index (χ0n) is 19.5. The Morgan fingerprint density at radius 2 is 1.61 bits per heavy atom. The van der Waals surface area contributed by atoms with Crippen LogP contribution < -0.4 is 16.6 Å². The van der Waals surface area contributed by atoms with Gasteiger partial charge < -0.3 is 9.88 Å². The summed E-state index contributed by atoms with van der Waals surface area (Å²) in [5, 5.41) is 13.1. The summed E-state index contributed by atoms with van der Waals surface area (Å²) in [6, 6.07) is 22.7. The number of halogens is 1. The zero-order chi connectivity index (χ0) is 25.1. The summed E-state index contributed by atoms with van der Waals surface area (Å²) in [7, 11) is 3.04. The van der Waals surface area contributed by atoms with Gasteiger partial charge in [0.2, 0.25) is 0 Å². The van der Waals surface area contributed by atoms with Crippen molar-refractivity contribution >= 4 is 16.6 Å². The average Bonchev–Trinajstić information content (AvgIpc) is 3.27. The fraction of sp³-hybridized carbons (Fsp3) is 0.107. The SMILES string of the molecule is Cn1c(=O)c2c(-c3ccccc3F)n3c(c2n(C)c1=O)C(c1ccc(C#N)cc1)Nc1ccccc1-3. The molecule has 0 saturated carbocycles. The monoisotopic (exact) mass is 477 g/mol. The molecule has 176 valence electrons. The Labute approximate surface area is 204 Å². The van der Waals surface area contributed by atoms with Crippen LogP contribution in [0.4, 0.5) is 10.1 Å². The minimum absolute atomic E-state index is 0.261. The van der Waals surface area contributed by atoms with Crippen molar-refractivity contribution in [2.45, 2.75) is 6.04 Å². The van der Waals surface area contributed by atoms with Crippen molar-refractivity contribution in [2.75, 3.05) is 5.32 Å². The number of hydrogen-bond donors (Lipinski definition) is 1. The maximum atomic E-state index is 15.3. The number of aromatic nitrogens is 3. The fourth-order valence-electron chi connectivity index (χ4n) is 5.13. The van der Waals surface area contributed by atoms with Gasteiger partial charge in [-0.1, -0.05) is 36.4 Å². The Bertz CT molecular complexity index is 1860. The largest absolute Gasteiger partial charge is 0.371 e. The first kappa shape index (κ1) is 21.6. The van der Waals surface area contributed by atoms with Gasteiger partial charge in [0.1, 0.15) is 5.82 Å². The van der Waals surface area contributed by atoms with Crippen LogP contribution in [0.5, 0.6) is 0 Å². The van der Waals surface area contributed by atoms with E-state index in [4.69, 9.17) is 0 Å². The normalized spacial score (nSPS) is 14.1. The quantitative estimate of drug-likeness (QED) is 0.413. The van der Waals surface area contributed by atoms with Crippen LogP contribution in [0.2, 0.25) is 0 Å². The smallest absolute Gasteiger partial charge is 0.331 e. The van der Waals surface area contributed by atoms with Crippen LogP contribution in [0.25, 0.3) is 27.8 Å². The number of benzene rings is 3. The van der Waals surface area contributed by atoms with Crippen LogP contribution in [0.1, 0.15) is 22.9 Å². The van der Waals surface area contributed by atoms with Gasteiger partial charge in [0.15, 0.2) is 0 Å². The summed E-state index contributed by atoms with van der Waals surface area (Å²) in [5.41, 5.74) is 3.63. The second-order valence-electron chi connectivity index (χ2n) is 8.81. The van der Waals surface area contributed by atoms with Crippen LogP contribution in [0.3, 0.4) is 0 Å². The van der Waals surface area contributed by atoms with E-state index >= 15 is 4.39 Å². The number of nitrogens with zero attached hydrogens (tertiary/aromatic N) is 4. The predicted molar refractivity (Wildman–Crippen MR) is 136 cm³/mol. The van der Waals surface area contributed by atoms with Crippen molar-refractivity contribution in [1.29, 1.82) is 5.26 Å². The molecule has 8 heteroatoms. The van der Waals surface area contributed by atoms with Crippen LogP contribution in [0, 0.1) is 17.1 Å². The van der Waals surface area contributed by atoms with Crippen molar-refractivity contribution < 1.29 is 4.39 Å². The molecule has 1 aliphatic rings. The van der Waals surface area contributed by atoms with Gasteiger partial charge >= 0.3 is 5.69 Å². The van der Waals surface area contributed by atoms with Gasteiger partial charge in [-0.2, -0.15) is 5.26 Å². The van der Waals surface area contributed by atoms with Gasteiger partial charge in [-0.25, -0.2) is 9.18 Å². The molecule has 1 N–H and O–H groups in total. The van der Waals surface area contributed by atoms with E-state index in [1.54, 1.807) is 37.4 Å². The van der Waals surface area contributed by atoms with Crippen molar-refractivity contribution in [1.82, 2.24) is 13.7 Å². The molecule has 1 unspecified atom stereocenters. The first-order valence-corrected chi connectivity index (χ1v) is 11.4. The first-order valence-electron chi connectivity index (χ1n) is 11.4. The Morgan fingerprint density at radius 1 is 0.917 bits per heavy atom. The summed E-state index contributed by atoms with van der Waals surface area (Å²) in [5.74, 6) is -0.471. The third-order valence-electron chi connectivity index (χ3n) is 6.83. The number of rotatable bonds is 2. The number of hydrogen-bond acceptors (Lipinski definition) is 4. The number of para-hydroxylation sites is 2. The number of anilines is 1. The van der Waals surface area contributed by atoms with Crippen LogP contribution >= 0.6 is 0 Å². The van der Waals surface area contributed by atoms with Crippen molar-refractivity contribution in [3.8, 4) is 23.0 Å². The lowest BCUT2D eigenvalue weighted by molar-refractivity contribution is 0.630. The van der Waals surface area contributed by atoms with E-state index in [1.807, 2.05) is 41.0 Å². The molecular formula is C28H20FN5O2. The topological polar surface area (TPSA) is 84.8 Å². The van der Waals surface area contributed by atoms with Gasteiger partial charge in [-0.15, -0.1) is 0 Å². The molecule has 2 aromatic heterocycles. The standard InChI is InChI=1S/C28H20FN5O2/c1-32-25-22(27(35)33(2)28(32)36)24(18-7-3-4-8-19(18)29)34-21-10-6-5-9-20(21)31-23(26(25)34)17-13-11-16(15-30)12-14-17/h3-14,23,31H,1-2H3. The number of nitrogens with one attached hydrogen (secondary N) is 1. The van der Waals surface area contributed by atoms with E-state index in [9.17, 15) is 14.9 Å². The highest BCUT2D eigenvalue weighted by Crippen LogP contribution is 2.45. The highest BCUT2D eigenvalue weighted by molar-refractivity contribution is 5.99. The Hall–Kier alpha value is -4.90. The molecule has 0 amide bonds. The van der Waals surface area contributed by atoms with E-state index in [0.717, 1.165) is 21.5 Å². The number of aryl methyl sites for hydroxylation is 1.